The number of hydrogen-bond donors (Lipinski definition) is 6. The first kappa shape index (κ1) is 29.5. The number of carbonyl (C=O) groups is 2. The number of nitrogens with one attached hydrogen (secondary N) is 3. The Bertz CT molecular complexity index is 1530. The lowest BCUT2D eigenvalue weighted by molar-refractivity contribution is -0.141. The third-order valence-electron chi connectivity index (χ3n) is 6.52. The van der Waals surface area contributed by atoms with E-state index in [-0.39, 0.29) is 18.0 Å². The molecule has 10 heteroatoms. The van der Waals surface area contributed by atoms with Crippen LogP contribution in [0.4, 0.5) is 5.69 Å². The Hall–Kier alpha value is -5.51. The smallest absolute Gasteiger partial charge is 0.326 e. The summed E-state index contributed by atoms with van der Waals surface area (Å²) in [5.74, 6) is -0.954. The van der Waals surface area contributed by atoms with Gasteiger partial charge in [0.2, 0.25) is 5.91 Å². The molecule has 4 aromatic carbocycles. The topological polar surface area (TPSA) is 167 Å². The lowest BCUT2D eigenvalue weighted by Gasteiger charge is -2.24. The number of carboxylic acid groups (broad SMARTS) is 1. The van der Waals surface area contributed by atoms with Crippen molar-refractivity contribution in [1.29, 1.82) is 5.41 Å². The second kappa shape index (κ2) is 13.7. The first-order valence-corrected chi connectivity index (χ1v) is 13.1. The van der Waals surface area contributed by atoms with Gasteiger partial charge in [-0.3, -0.25) is 10.2 Å². The molecule has 0 fully saturated rings. The van der Waals surface area contributed by atoms with Crippen molar-refractivity contribution in [1.82, 2.24) is 5.32 Å². The maximum atomic E-state index is 13.7. The molecule has 4 rings (SSSR count). The summed E-state index contributed by atoms with van der Waals surface area (Å²) in [5.41, 5.74) is 8.75. The second-order valence-electron chi connectivity index (χ2n) is 9.52. The Morgan fingerprint density at radius 2 is 1.60 bits per heavy atom. The van der Waals surface area contributed by atoms with Crippen LogP contribution in [0.15, 0.2) is 97.1 Å². The number of phenols is 1. The number of anilines is 1. The number of nitrogens with two attached hydrogens (primary N) is 1. The normalized spacial score (nSPS) is 12.0. The predicted molar refractivity (Wildman–Crippen MR) is 159 cm³/mol. The zero-order valence-corrected chi connectivity index (χ0v) is 22.9. The highest BCUT2D eigenvalue weighted by Gasteiger charge is 2.28. The number of hydrogen-bond acceptors (Lipinski definition) is 7. The number of amidine groups is 1. The first-order chi connectivity index (χ1) is 20.2. The average Bonchev–Trinajstić information content (AvgIpc) is 3.00. The van der Waals surface area contributed by atoms with E-state index in [9.17, 15) is 19.8 Å². The van der Waals surface area contributed by atoms with E-state index in [0.29, 0.717) is 40.5 Å². The number of phenolic OH excluding ortho intramolecular Hbond substituents is 1. The Balaban J connectivity index is 1.61. The molecule has 0 heterocycles. The number of aliphatic carboxylic acids is 1. The molecule has 10 nitrogen and oxygen atoms in total. The second-order valence-corrected chi connectivity index (χ2v) is 9.52. The molecule has 2 atom stereocenters. The van der Waals surface area contributed by atoms with Crippen LogP contribution >= 0.6 is 0 Å². The van der Waals surface area contributed by atoms with Gasteiger partial charge in [0.15, 0.2) is 11.5 Å². The van der Waals surface area contributed by atoms with Crippen LogP contribution < -0.4 is 25.8 Å². The molecular formula is C32H32N4O6. The van der Waals surface area contributed by atoms with Gasteiger partial charge in [-0.1, -0.05) is 48.5 Å². The standard InChI is InChI=1S/C32H32N4O6/c1-41-28-18-23(11-16-27(28)42-19-21-5-3-2-4-6-21)29(35-24-12-9-22(10-13-24)30(33)34)31(38)36-26(32(39)40)17-20-7-14-25(37)15-8-20/h2-16,18,26,29,35,37H,17,19H2,1H3,(H3,33,34)(H,36,38)(H,39,40)/t26-,29-/m0/s1. The molecule has 0 saturated heterocycles. The van der Waals surface area contributed by atoms with Crippen LogP contribution in [0.2, 0.25) is 0 Å². The minimum atomic E-state index is -1.23. The zero-order valence-electron chi connectivity index (χ0n) is 22.9. The number of carbonyl (C=O) groups excluding carboxylic acids is 1. The molecule has 0 bridgehead atoms. The quantitative estimate of drug-likeness (QED) is 0.103. The van der Waals surface area contributed by atoms with Crippen molar-refractivity contribution in [3.63, 3.8) is 0 Å². The van der Waals surface area contributed by atoms with Crippen molar-refractivity contribution >= 4 is 23.4 Å². The third kappa shape index (κ3) is 7.79. The highest BCUT2D eigenvalue weighted by Crippen LogP contribution is 2.32. The van der Waals surface area contributed by atoms with E-state index >= 15 is 0 Å². The maximum Gasteiger partial charge on any atom is 0.326 e. The summed E-state index contributed by atoms with van der Waals surface area (Å²) in [6.45, 7) is 0.318. The minimum absolute atomic E-state index is 0.0109. The fourth-order valence-corrected chi connectivity index (χ4v) is 4.25. The zero-order chi connectivity index (χ0) is 30.1. The highest BCUT2D eigenvalue weighted by atomic mass is 16.5. The highest BCUT2D eigenvalue weighted by molar-refractivity contribution is 5.95. The average molecular weight is 569 g/mol. The van der Waals surface area contributed by atoms with Crippen LogP contribution in [0.1, 0.15) is 28.3 Å². The van der Waals surface area contributed by atoms with E-state index in [4.69, 9.17) is 20.6 Å². The molecule has 42 heavy (non-hydrogen) atoms. The van der Waals surface area contributed by atoms with Gasteiger partial charge in [-0.05, 0) is 65.2 Å². The molecule has 0 aromatic heterocycles. The summed E-state index contributed by atoms with van der Waals surface area (Å²) in [4.78, 5) is 25.8. The Morgan fingerprint density at radius 1 is 0.905 bits per heavy atom. The van der Waals surface area contributed by atoms with Crippen molar-refractivity contribution < 1.29 is 29.3 Å². The van der Waals surface area contributed by atoms with Crippen molar-refractivity contribution in [3.05, 3.63) is 119 Å². The van der Waals surface area contributed by atoms with Crippen molar-refractivity contribution in [3.8, 4) is 17.2 Å². The van der Waals surface area contributed by atoms with Gasteiger partial charge in [0.25, 0.3) is 0 Å². The Labute approximate surface area is 243 Å². The van der Waals surface area contributed by atoms with E-state index in [2.05, 4.69) is 10.6 Å². The third-order valence-corrected chi connectivity index (χ3v) is 6.52. The van der Waals surface area contributed by atoms with Crippen LogP contribution in [-0.4, -0.2) is 41.1 Å². The van der Waals surface area contributed by atoms with E-state index in [1.165, 1.54) is 19.2 Å². The summed E-state index contributed by atoms with van der Waals surface area (Å²) >= 11 is 0. The number of carboxylic acids is 1. The molecule has 1 amide bonds. The van der Waals surface area contributed by atoms with Gasteiger partial charge in [0, 0.05) is 17.7 Å². The fourth-order valence-electron chi connectivity index (χ4n) is 4.25. The summed E-state index contributed by atoms with van der Waals surface area (Å²) in [7, 11) is 1.50. The largest absolute Gasteiger partial charge is 0.508 e. The lowest BCUT2D eigenvalue weighted by Crippen LogP contribution is -2.45. The molecule has 0 spiro atoms. The Morgan fingerprint density at radius 3 is 2.21 bits per heavy atom. The van der Waals surface area contributed by atoms with E-state index in [1.807, 2.05) is 30.3 Å². The van der Waals surface area contributed by atoms with Crippen LogP contribution in [0.3, 0.4) is 0 Å². The Kier molecular flexibility index (Phi) is 9.62. The predicted octanol–water partition coefficient (Wildman–Crippen LogP) is 4.23. The molecule has 0 saturated carbocycles. The number of methoxy groups -OCH3 is 1. The molecule has 0 radical (unpaired) electrons. The molecule has 0 aliphatic heterocycles. The summed E-state index contributed by atoms with van der Waals surface area (Å²) in [6, 6.07) is 25.2. The number of rotatable bonds is 13. The summed E-state index contributed by atoms with van der Waals surface area (Å²) in [6.07, 6.45) is 0.0109. The number of aromatic hydroxyl groups is 1. The SMILES string of the molecule is COc1cc([C@H](Nc2ccc(C(=N)N)cc2)C(=O)N[C@@H](Cc2ccc(O)cc2)C(=O)O)ccc1OCc1ccccc1. The molecule has 0 aliphatic carbocycles. The molecule has 0 unspecified atom stereocenters. The minimum Gasteiger partial charge on any atom is -0.508 e. The molecule has 0 aliphatic rings. The molecule has 216 valence electrons. The van der Waals surface area contributed by atoms with E-state index < -0.39 is 24.0 Å². The van der Waals surface area contributed by atoms with Gasteiger partial charge in [0.1, 0.15) is 30.3 Å². The molecular weight excluding hydrogens is 536 g/mol. The lowest BCUT2D eigenvalue weighted by atomic mass is 10.0. The van der Waals surface area contributed by atoms with Gasteiger partial charge in [-0.15, -0.1) is 0 Å². The number of amides is 1. The first-order valence-electron chi connectivity index (χ1n) is 13.1. The van der Waals surface area contributed by atoms with E-state index in [1.54, 1.807) is 54.6 Å². The van der Waals surface area contributed by atoms with Gasteiger partial charge in [-0.25, -0.2) is 4.79 Å². The van der Waals surface area contributed by atoms with Gasteiger partial charge < -0.3 is 36.1 Å². The summed E-state index contributed by atoms with van der Waals surface area (Å²) in [5, 5.41) is 32.9. The number of ether oxygens (including phenoxy) is 2. The van der Waals surface area contributed by atoms with Gasteiger partial charge >= 0.3 is 5.97 Å². The fraction of sp³-hybridized carbons (Fsp3) is 0.156. The van der Waals surface area contributed by atoms with Crippen LogP contribution in [-0.2, 0) is 22.6 Å². The maximum absolute atomic E-state index is 13.7. The van der Waals surface area contributed by atoms with Crippen LogP contribution in [0.25, 0.3) is 0 Å². The van der Waals surface area contributed by atoms with Crippen molar-refractivity contribution in [2.45, 2.75) is 25.1 Å². The van der Waals surface area contributed by atoms with Gasteiger partial charge in [0.05, 0.1) is 7.11 Å². The summed E-state index contributed by atoms with van der Waals surface area (Å²) < 4.78 is 11.5. The van der Waals surface area contributed by atoms with Gasteiger partial charge in [-0.2, -0.15) is 0 Å². The van der Waals surface area contributed by atoms with Crippen LogP contribution in [0, 0.1) is 5.41 Å². The monoisotopic (exact) mass is 568 g/mol. The number of nitrogen functional groups attached to an aromatic ring is 1. The number of benzene rings is 4. The van der Waals surface area contributed by atoms with Crippen molar-refractivity contribution in [2.24, 2.45) is 5.73 Å². The molecule has 4 aromatic rings. The van der Waals surface area contributed by atoms with Crippen LogP contribution in [0.5, 0.6) is 17.2 Å². The molecule has 7 N–H and O–H groups in total. The van der Waals surface area contributed by atoms with Crippen molar-refractivity contribution in [2.75, 3.05) is 12.4 Å². The van der Waals surface area contributed by atoms with E-state index in [0.717, 1.165) is 5.56 Å².